The fraction of sp³-hybridized carbons (Fsp3) is 0.357. The number of anilines is 2. The molecule has 3 heterocycles. The van der Waals surface area contributed by atoms with Gasteiger partial charge in [0.05, 0.1) is 35.8 Å². The maximum atomic E-state index is 12.8. The summed E-state index contributed by atoms with van der Waals surface area (Å²) >= 11 is 6.14. The van der Waals surface area contributed by atoms with Gasteiger partial charge in [0.2, 0.25) is 21.9 Å². The van der Waals surface area contributed by atoms with Crippen LogP contribution in [0.3, 0.4) is 0 Å². The van der Waals surface area contributed by atoms with Gasteiger partial charge in [-0.3, -0.25) is 4.72 Å². The average Bonchev–Trinajstić information content (AvgIpc) is 2.94. The fourth-order valence-electron chi connectivity index (χ4n) is 4.86. The van der Waals surface area contributed by atoms with E-state index in [0.717, 1.165) is 30.3 Å². The van der Waals surface area contributed by atoms with Gasteiger partial charge in [0.25, 0.3) is 0 Å². The largest absolute Gasteiger partial charge is 0.480 e. The Hall–Kier alpha value is -3.50. The van der Waals surface area contributed by atoms with E-state index in [1.54, 1.807) is 42.6 Å². The fourth-order valence-corrected chi connectivity index (χ4v) is 6.31. The molecule has 1 aliphatic rings. The molecule has 5 rings (SSSR count). The summed E-state index contributed by atoms with van der Waals surface area (Å²) in [6, 6.07) is 12.5. The van der Waals surface area contributed by atoms with E-state index in [9.17, 15) is 8.42 Å². The lowest BCUT2D eigenvalue weighted by molar-refractivity contribution is 0.400. The number of ether oxygens (including phenoxy) is 1. The van der Waals surface area contributed by atoms with Crippen LogP contribution in [-0.2, 0) is 22.2 Å². The summed E-state index contributed by atoms with van der Waals surface area (Å²) in [6.07, 6.45) is 8.52. The smallest absolute Gasteiger partial charge is 0.238 e. The number of rotatable bonds is 9. The SMILES string of the molecule is CCc1cc(-c2ccc(NS(=O)(=O)Cc3ccccc3Cl)nc2OC)nc2cnc(NC3CCCCC3)nc12. The maximum absolute atomic E-state index is 12.8. The van der Waals surface area contributed by atoms with Crippen LogP contribution in [0.1, 0.15) is 50.2 Å². The number of fused-ring (bicyclic) bond motifs is 1. The first-order valence-electron chi connectivity index (χ1n) is 13.1. The number of sulfonamides is 1. The topological polar surface area (TPSA) is 119 Å². The molecular formula is C28H31ClN6O3S. The predicted molar refractivity (Wildman–Crippen MR) is 155 cm³/mol. The summed E-state index contributed by atoms with van der Waals surface area (Å²) in [6.45, 7) is 2.07. The Labute approximate surface area is 233 Å². The average molecular weight is 567 g/mol. The second-order valence-electron chi connectivity index (χ2n) is 9.63. The van der Waals surface area contributed by atoms with E-state index in [1.807, 2.05) is 6.07 Å². The number of pyridine rings is 2. The van der Waals surface area contributed by atoms with Crippen molar-refractivity contribution in [3.8, 4) is 17.1 Å². The van der Waals surface area contributed by atoms with Crippen molar-refractivity contribution >= 4 is 44.4 Å². The maximum Gasteiger partial charge on any atom is 0.238 e. The number of nitrogens with zero attached hydrogens (tertiary/aromatic N) is 4. The quantitative estimate of drug-likeness (QED) is 0.253. The van der Waals surface area contributed by atoms with Crippen LogP contribution in [-0.4, -0.2) is 41.5 Å². The first-order chi connectivity index (χ1) is 18.8. The van der Waals surface area contributed by atoms with E-state index >= 15 is 0 Å². The molecule has 9 nitrogen and oxygen atoms in total. The van der Waals surface area contributed by atoms with E-state index in [-0.39, 0.29) is 17.5 Å². The molecule has 2 N–H and O–H groups in total. The van der Waals surface area contributed by atoms with Crippen molar-refractivity contribution in [1.82, 2.24) is 19.9 Å². The monoisotopic (exact) mass is 566 g/mol. The number of hydrogen-bond acceptors (Lipinski definition) is 8. The third-order valence-electron chi connectivity index (χ3n) is 6.84. The van der Waals surface area contributed by atoms with Crippen LogP contribution in [0.25, 0.3) is 22.3 Å². The second kappa shape index (κ2) is 11.7. The summed E-state index contributed by atoms with van der Waals surface area (Å²) < 4.78 is 33.6. The number of aryl methyl sites for hydroxylation is 1. The Kier molecular flexibility index (Phi) is 8.13. The van der Waals surface area contributed by atoms with Gasteiger partial charge in [-0.1, -0.05) is 56.0 Å². The summed E-state index contributed by atoms with van der Waals surface area (Å²) in [5.74, 6) is 0.743. The Balaban J connectivity index is 1.41. The molecule has 1 fully saturated rings. The number of benzene rings is 1. The molecule has 0 bridgehead atoms. The molecule has 1 aliphatic carbocycles. The molecule has 1 aromatic carbocycles. The van der Waals surface area contributed by atoms with E-state index in [1.165, 1.54) is 26.4 Å². The van der Waals surface area contributed by atoms with Crippen LogP contribution in [0, 0.1) is 0 Å². The molecule has 0 radical (unpaired) electrons. The molecule has 0 aliphatic heterocycles. The third kappa shape index (κ3) is 6.39. The van der Waals surface area contributed by atoms with Gasteiger partial charge >= 0.3 is 0 Å². The van der Waals surface area contributed by atoms with Crippen LogP contribution in [0.15, 0.2) is 48.7 Å². The van der Waals surface area contributed by atoms with Crippen LogP contribution >= 0.6 is 11.6 Å². The molecule has 1 saturated carbocycles. The molecule has 3 aromatic heterocycles. The number of methoxy groups -OCH3 is 1. The Morgan fingerprint density at radius 1 is 1.03 bits per heavy atom. The molecule has 0 spiro atoms. The zero-order valence-corrected chi connectivity index (χ0v) is 23.5. The Morgan fingerprint density at radius 3 is 2.56 bits per heavy atom. The molecule has 11 heteroatoms. The highest BCUT2D eigenvalue weighted by atomic mass is 35.5. The highest BCUT2D eigenvalue weighted by Crippen LogP contribution is 2.32. The highest BCUT2D eigenvalue weighted by molar-refractivity contribution is 7.91. The molecule has 39 heavy (non-hydrogen) atoms. The normalized spacial score (nSPS) is 14.3. The van der Waals surface area contributed by atoms with E-state index < -0.39 is 10.0 Å². The number of aromatic nitrogens is 4. The van der Waals surface area contributed by atoms with Crippen molar-refractivity contribution in [3.63, 3.8) is 0 Å². The van der Waals surface area contributed by atoms with Gasteiger partial charge in [-0.15, -0.1) is 0 Å². The number of halogens is 1. The first-order valence-corrected chi connectivity index (χ1v) is 15.1. The first kappa shape index (κ1) is 27.1. The number of nitrogens with one attached hydrogen (secondary N) is 2. The van der Waals surface area contributed by atoms with Gasteiger partial charge in [0, 0.05) is 11.1 Å². The van der Waals surface area contributed by atoms with Crippen molar-refractivity contribution in [1.29, 1.82) is 0 Å². The Morgan fingerprint density at radius 2 is 1.82 bits per heavy atom. The summed E-state index contributed by atoms with van der Waals surface area (Å²) in [4.78, 5) is 18.5. The third-order valence-corrected chi connectivity index (χ3v) is 8.42. The van der Waals surface area contributed by atoms with Gasteiger partial charge in [-0.25, -0.2) is 23.4 Å². The van der Waals surface area contributed by atoms with E-state index in [0.29, 0.717) is 39.4 Å². The van der Waals surface area contributed by atoms with Gasteiger partial charge in [0.1, 0.15) is 11.3 Å². The molecular weight excluding hydrogens is 536 g/mol. The van der Waals surface area contributed by atoms with Gasteiger partial charge in [-0.05, 0) is 54.7 Å². The standard InChI is InChI=1S/C28H31ClN6O3S/c1-3-18-15-23(32-24-16-30-28(34-26(18)24)31-20-10-5-4-6-11-20)21-13-14-25(33-27(21)38-2)35-39(36,37)17-19-9-7-8-12-22(19)29/h7-9,12-16,20H,3-6,10-11,17H2,1-2H3,(H,33,35)(H,30,31,34). The molecule has 4 aromatic rings. The number of hydrogen-bond donors (Lipinski definition) is 2. The van der Waals surface area contributed by atoms with E-state index in [4.69, 9.17) is 26.3 Å². The van der Waals surface area contributed by atoms with Gasteiger partial charge < -0.3 is 10.1 Å². The van der Waals surface area contributed by atoms with Crippen molar-refractivity contribution in [2.45, 2.75) is 57.2 Å². The minimum atomic E-state index is -3.76. The lowest BCUT2D eigenvalue weighted by Gasteiger charge is -2.22. The lowest BCUT2D eigenvalue weighted by Crippen LogP contribution is -2.23. The molecule has 204 valence electrons. The Bertz CT molecular complexity index is 1590. The zero-order chi connectivity index (χ0) is 27.4. The summed E-state index contributed by atoms with van der Waals surface area (Å²) in [7, 11) is -2.27. The molecule has 0 atom stereocenters. The van der Waals surface area contributed by atoms with Crippen molar-refractivity contribution < 1.29 is 13.2 Å². The molecule has 0 unspecified atom stereocenters. The van der Waals surface area contributed by atoms with Crippen LogP contribution in [0.4, 0.5) is 11.8 Å². The second-order valence-corrected chi connectivity index (χ2v) is 11.8. The molecule has 0 saturated heterocycles. The highest BCUT2D eigenvalue weighted by Gasteiger charge is 2.19. The van der Waals surface area contributed by atoms with Gasteiger partial charge in [-0.2, -0.15) is 4.98 Å². The van der Waals surface area contributed by atoms with Crippen molar-refractivity contribution in [2.24, 2.45) is 0 Å². The summed E-state index contributed by atoms with van der Waals surface area (Å²) in [5, 5.41) is 3.88. The van der Waals surface area contributed by atoms with Gasteiger partial charge in [0.15, 0.2) is 0 Å². The van der Waals surface area contributed by atoms with Crippen LogP contribution < -0.4 is 14.8 Å². The van der Waals surface area contributed by atoms with E-state index in [2.05, 4.69) is 26.9 Å². The van der Waals surface area contributed by atoms with Crippen molar-refractivity contribution in [2.75, 3.05) is 17.1 Å². The lowest BCUT2D eigenvalue weighted by atomic mass is 9.96. The predicted octanol–water partition coefficient (Wildman–Crippen LogP) is 6.00. The zero-order valence-electron chi connectivity index (χ0n) is 21.9. The molecule has 0 amide bonds. The minimum Gasteiger partial charge on any atom is -0.480 e. The van der Waals surface area contributed by atoms with Crippen LogP contribution in [0.5, 0.6) is 5.88 Å². The minimum absolute atomic E-state index is 0.140. The summed E-state index contributed by atoms with van der Waals surface area (Å²) in [5.41, 5.74) is 4.28. The van der Waals surface area contributed by atoms with Crippen molar-refractivity contribution in [3.05, 3.63) is 64.8 Å². The van der Waals surface area contributed by atoms with Crippen LogP contribution in [0.2, 0.25) is 5.02 Å².